The van der Waals surface area contributed by atoms with Gasteiger partial charge >= 0.3 is 0 Å². The van der Waals surface area contributed by atoms with Gasteiger partial charge in [0.05, 0.1) is 7.11 Å². The number of hydrogen-bond acceptors (Lipinski definition) is 2. The monoisotopic (exact) mass is 285 g/mol. The lowest BCUT2D eigenvalue weighted by Gasteiger charge is -2.15. The summed E-state index contributed by atoms with van der Waals surface area (Å²) in [6.45, 7) is 3.14. The lowest BCUT2D eigenvalue weighted by Crippen LogP contribution is -2.28. The molecule has 2 nitrogen and oxygen atoms in total. The van der Waals surface area contributed by atoms with Crippen LogP contribution in [0.15, 0.2) is 24.3 Å². The van der Waals surface area contributed by atoms with E-state index in [1.165, 1.54) is 18.4 Å². The first-order valence-electron chi connectivity index (χ1n) is 5.72. The number of halogens is 1. The highest BCUT2D eigenvalue weighted by molar-refractivity contribution is 9.09. The van der Waals surface area contributed by atoms with Crippen LogP contribution >= 0.6 is 15.9 Å². The minimum Gasteiger partial charge on any atom is -0.497 e. The molecule has 16 heavy (non-hydrogen) atoms. The van der Waals surface area contributed by atoms with Gasteiger partial charge in [-0.3, -0.25) is 0 Å². The van der Waals surface area contributed by atoms with Crippen molar-refractivity contribution in [2.45, 2.75) is 32.4 Å². The van der Waals surface area contributed by atoms with Crippen LogP contribution in [-0.2, 0) is 6.54 Å². The average Bonchev–Trinajstić information content (AvgIpc) is 2.35. The van der Waals surface area contributed by atoms with E-state index in [4.69, 9.17) is 4.74 Å². The SMILES string of the molecule is CCC(CCBr)NCc1ccc(OC)cc1. The predicted octanol–water partition coefficient (Wildman–Crippen LogP) is 3.35. The maximum Gasteiger partial charge on any atom is 0.118 e. The van der Waals surface area contributed by atoms with Crippen LogP contribution in [0.2, 0.25) is 0 Å². The molecule has 1 aromatic rings. The van der Waals surface area contributed by atoms with Gasteiger partial charge in [-0.25, -0.2) is 0 Å². The molecule has 1 unspecified atom stereocenters. The summed E-state index contributed by atoms with van der Waals surface area (Å²) < 4.78 is 5.13. The van der Waals surface area contributed by atoms with Crippen LogP contribution in [0.1, 0.15) is 25.3 Å². The highest BCUT2D eigenvalue weighted by Gasteiger charge is 2.04. The zero-order chi connectivity index (χ0) is 11.8. The van der Waals surface area contributed by atoms with Crippen molar-refractivity contribution >= 4 is 15.9 Å². The molecule has 1 N–H and O–H groups in total. The Morgan fingerprint density at radius 2 is 2.00 bits per heavy atom. The third-order valence-corrected chi connectivity index (χ3v) is 3.16. The molecule has 1 aromatic carbocycles. The maximum absolute atomic E-state index is 5.13. The van der Waals surface area contributed by atoms with E-state index in [-0.39, 0.29) is 0 Å². The summed E-state index contributed by atoms with van der Waals surface area (Å²) in [5.41, 5.74) is 1.30. The van der Waals surface area contributed by atoms with Crippen molar-refractivity contribution in [3.05, 3.63) is 29.8 Å². The van der Waals surface area contributed by atoms with Gasteiger partial charge in [0.2, 0.25) is 0 Å². The van der Waals surface area contributed by atoms with Gasteiger partial charge in [-0.1, -0.05) is 35.0 Å². The molecule has 3 heteroatoms. The molecule has 0 amide bonds. The number of rotatable bonds is 7. The van der Waals surface area contributed by atoms with E-state index in [9.17, 15) is 0 Å². The second kappa shape index (κ2) is 7.69. The molecule has 0 aromatic heterocycles. The van der Waals surface area contributed by atoms with E-state index in [1.807, 2.05) is 12.1 Å². The predicted molar refractivity (Wildman–Crippen MR) is 72.3 cm³/mol. The molecule has 1 atom stereocenters. The molecule has 0 aliphatic rings. The molecule has 0 saturated carbocycles. The van der Waals surface area contributed by atoms with Crippen molar-refractivity contribution in [2.75, 3.05) is 12.4 Å². The van der Waals surface area contributed by atoms with E-state index < -0.39 is 0 Å². The Labute approximate surface area is 107 Å². The first-order valence-corrected chi connectivity index (χ1v) is 6.84. The minimum atomic E-state index is 0.599. The van der Waals surface area contributed by atoms with Crippen molar-refractivity contribution in [3.8, 4) is 5.75 Å². The van der Waals surface area contributed by atoms with Crippen LogP contribution in [0.25, 0.3) is 0 Å². The Morgan fingerprint density at radius 1 is 1.31 bits per heavy atom. The summed E-state index contributed by atoms with van der Waals surface area (Å²) in [7, 11) is 1.69. The molecule has 0 saturated heterocycles. The molecule has 0 fully saturated rings. The average molecular weight is 286 g/mol. The first kappa shape index (κ1) is 13.5. The fourth-order valence-corrected chi connectivity index (χ4v) is 2.14. The number of hydrogen-bond donors (Lipinski definition) is 1. The molecule has 0 spiro atoms. The third-order valence-electron chi connectivity index (χ3n) is 2.70. The standard InChI is InChI=1S/C13H20BrNO/c1-3-12(8-9-14)15-10-11-4-6-13(16-2)7-5-11/h4-7,12,15H,3,8-10H2,1-2H3. The molecule has 0 aliphatic carbocycles. The van der Waals surface area contributed by atoms with Crippen molar-refractivity contribution < 1.29 is 4.74 Å². The highest BCUT2D eigenvalue weighted by Crippen LogP contribution is 2.11. The van der Waals surface area contributed by atoms with Crippen molar-refractivity contribution in [2.24, 2.45) is 0 Å². The van der Waals surface area contributed by atoms with Gasteiger partial charge in [-0.05, 0) is 30.5 Å². The fraction of sp³-hybridized carbons (Fsp3) is 0.538. The number of nitrogens with one attached hydrogen (secondary N) is 1. The van der Waals surface area contributed by atoms with Crippen LogP contribution in [-0.4, -0.2) is 18.5 Å². The summed E-state index contributed by atoms with van der Waals surface area (Å²) in [4.78, 5) is 0. The van der Waals surface area contributed by atoms with E-state index in [0.29, 0.717) is 6.04 Å². The second-order valence-electron chi connectivity index (χ2n) is 3.81. The Hall–Kier alpha value is -0.540. The highest BCUT2D eigenvalue weighted by atomic mass is 79.9. The summed E-state index contributed by atoms with van der Waals surface area (Å²) in [6, 6.07) is 8.81. The first-order chi connectivity index (χ1) is 7.80. The van der Waals surface area contributed by atoms with E-state index in [0.717, 1.165) is 17.6 Å². The topological polar surface area (TPSA) is 21.3 Å². The van der Waals surface area contributed by atoms with Gasteiger partial charge in [-0.2, -0.15) is 0 Å². The van der Waals surface area contributed by atoms with Crippen LogP contribution in [0.3, 0.4) is 0 Å². The molecular formula is C13H20BrNO. The Morgan fingerprint density at radius 3 is 2.50 bits per heavy atom. The van der Waals surface area contributed by atoms with Gasteiger partial charge in [0, 0.05) is 17.9 Å². The van der Waals surface area contributed by atoms with Gasteiger partial charge in [0.25, 0.3) is 0 Å². The Balaban J connectivity index is 2.40. The number of methoxy groups -OCH3 is 1. The maximum atomic E-state index is 5.13. The minimum absolute atomic E-state index is 0.599. The third kappa shape index (κ3) is 4.54. The zero-order valence-corrected chi connectivity index (χ0v) is 11.6. The van der Waals surface area contributed by atoms with Gasteiger partial charge in [-0.15, -0.1) is 0 Å². The summed E-state index contributed by atoms with van der Waals surface area (Å²) in [5, 5.41) is 4.61. The normalized spacial score (nSPS) is 12.4. The van der Waals surface area contributed by atoms with Crippen molar-refractivity contribution in [1.82, 2.24) is 5.32 Å². The van der Waals surface area contributed by atoms with E-state index in [2.05, 4.69) is 40.3 Å². The lowest BCUT2D eigenvalue weighted by molar-refractivity contribution is 0.414. The quantitative estimate of drug-likeness (QED) is 0.776. The van der Waals surface area contributed by atoms with E-state index >= 15 is 0 Å². The number of benzene rings is 1. The molecule has 0 heterocycles. The molecule has 90 valence electrons. The number of ether oxygens (including phenoxy) is 1. The van der Waals surface area contributed by atoms with Crippen molar-refractivity contribution in [3.63, 3.8) is 0 Å². The Kier molecular flexibility index (Phi) is 6.50. The Bertz CT molecular complexity index is 286. The smallest absolute Gasteiger partial charge is 0.118 e. The molecular weight excluding hydrogens is 266 g/mol. The largest absolute Gasteiger partial charge is 0.497 e. The molecule has 0 bridgehead atoms. The van der Waals surface area contributed by atoms with Crippen LogP contribution < -0.4 is 10.1 Å². The summed E-state index contributed by atoms with van der Waals surface area (Å²) in [5.74, 6) is 0.913. The summed E-state index contributed by atoms with van der Waals surface area (Å²) in [6.07, 6.45) is 2.34. The van der Waals surface area contributed by atoms with Gasteiger partial charge < -0.3 is 10.1 Å². The van der Waals surface area contributed by atoms with Crippen LogP contribution in [0.4, 0.5) is 0 Å². The molecule has 1 rings (SSSR count). The molecule has 0 radical (unpaired) electrons. The summed E-state index contributed by atoms with van der Waals surface area (Å²) >= 11 is 3.48. The van der Waals surface area contributed by atoms with Gasteiger partial charge in [0.1, 0.15) is 5.75 Å². The number of alkyl halides is 1. The second-order valence-corrected chi connectivity index (χ2v) is 4.60. The van der Waals surface area contributed by atoms with Crippen molar-refractivity contribution in [1.29, 1.82) is 0 Å². The fourth-order valence-electron chi connectivity index (χ4n) is 1.59. The molecule has 0 aliphatic heterocycles. The van der Waals surface area contributed by atoms with Crippen LogP contribution in [0.5, 0.6) is 5.75 Å². The van der Waals surface area contributed by atoms with E-state index in [1.54, 1.807) is 7.11 Å². The zero-order valence-electron chi connectivity index (χ0n) is 10.0. The van der Waals surface area contributed by atoms with Crippen LogP contribution in [0, 0.1) is 0 Å². The lowest BCUT2D eigenvalue weighted by atomic mass is 10.1. The van der Waals surface area contributed by atoms with Gasteiger partial charge in [0.15, 0.2) is 0 Å².